The maximum Gasteiger partial charge on any atom is 0.240 e. The second-order valence-corrected chi connectivity index (χ2v) is 5.60. The molecule has 1 amide bonds. The second kappa shape index (κ2) is 6.86. The van der Waals surface area contributed by atoms with Crippen LogP contribution in [-0.2, 0) is 22.7 Å². The van der Waals surface area contributed by atoms with Gasteiger partial charge < -0.3 is 15.8 Å². The SMILES string of the molecule is COCc1ccccc1CNC(=O)C1(N)CCCCC1. The zero-order valence-corrected chi connectivity index (χ0v) is 12.2. The van der Waals surface area contributed by atoms with Crippen LogP contribution in [0.5, 0.6) is 0 Å². The van der Waals surface area contributed by atoms with Crippen LogP contribution in [0.3, 0.4) is 0 Å². The Morgan fingerprint density at radius 3 is 2.55 bits per heavy atom. The smallest absolute Gasteiger partial charge is 0.240 e. The van der Waals surface area contributed by atoms with Crippen LogP contribution in [0.1, 0.15) is 43.2 Å². The summed E-state index contributed by atoms with van der Waals surface area (Å²) in [5.41, 5.74) is 7.74. The predicted octanol–water partition coefficient (Wildman–Crippen LogP) is 2.11. The molecule has 0 radical (unpaired) electrons. The fraction of sp³-hybridized carbons (Fsp3) is 0.562. The molecular weight excluding hydrogens is 252 g/mol. The molecule has 4 heteroatoms. The Balaban J connectivity index is 1.96. The molecule has 110 valence electrons. The third-order valence-electron chi connectivity index (χ3n) is 4.06. The summed E-state index contributed by atoms with van der Waals surface area (Å²) in [5, 5.41) is 2.99. The van der Waals surface area contributed by atoms with Gasteiger partial charge in [-0.25, -0.2) is 0 Å². The van der Waals surface area contributed by atoms with Gasteiger partial charge in [-0.1, -0.05) is 43.5 Å². The van der Waals surface area contributed by atoms with Gasteiger partial charge in [0.25, 0.3) is 0 Å². The summed E-state index contributed by atoms with van der Waals surface area (Å²) in [4.78, 5) is 12.3. The van der Waals surface area contributed by atoms with Crippen LogP contribution in [0, 0.1) is 0 Å². The van der Waals surface area contributed by atoms with Gasteiger partial charge in [-0.05, 0) is 24.0 Å². The lowest BCUT2D eigenvalue weighted by atomic mass is 9.82. The van der Waals surface area contributed by atoms with Crippen molar-refractivity contribution in [2.45, 2.75) is 50.8 Å². The number of rotatable bonds is 5. The highest BCUT2D eigenvalue weighted by Crippen LogP contribution is 2.26. The van der Waals surface area contributed by atoms with Crippen LogP contribution in [-0.4, -0.2) is 18.6 Å². The van der Waals surface area contributed by atoms with Crippen molar-refractivity contribution < 1.29 is 9.53 Å². The Morgan fingerprint density at radius 2 is 1.90 bits per heavy atom. The minimum Gasteiger partial charge on any atom is -0.380 e. The third-order valence-corrected chi connectivity index (χ3v) is 4.06. The molecule has 1 aliphatic rings. The first-order valence-electron chi connectivity index (χ1n) is 7.28. The lowest BCUT2D eigenvalue weighted by Gasteiger charge is -2.31. The van der Waals surface area contributed by atoms with Crippen molar-refractivity contribution in [1.29, 1.82) is 0 Å². The number of methoxy groups -OCH3 is 1. The zero-order valence-electron chi connectivity index (χ0n) is 12.2. The maximum atomic E-state index is 12.3. The van der Waals surface area contributed by atoms with E-state index >= 15 is 0 Å². The van der Waals surface area contributed by atoms with Gasteiger partial charge in [-0.15, -0.1) is 0 Å². The molecule has 0 aliphatic heterocycles. The number of hydrogen-bond acceptors (Lipinski definition) is 3. The van der Waals surface area contributed by atoms with Gasteiger partial charge in [-0.2, -0.15) is 0 Å². The summed E-state index contributed by atoms with van der Waals surface area (Å²) in [7, 11) is 1.67. The monoisotopic (exact) mass is 276 g/mol. The molecule has 0 heterocycles. The first kappa shape index (κ1) is 15.0. The largest absolute Gasteiger partial charge is 0.380 e. The number of carbonyl (C=O) groups excluding carboxylic acids is 1. The number of amides is 1. The van der Waals surface area contributed by atoms with Gasteiger partial charge in [0.05, 0.1) is 12.1 Å². The molecule has 1 saturated carbocycles. The highest BCUT2D eigenvalue weighted by atomic mass is 16.5. The molecule has 1 aromatic carbocycles. The zero-order chi connectivity index (χ0) is 14.4. The first-order valence-corrected chi connectivity index (χ1v) is 7.28. The third kappa shape index (κ3) is 3.58. The Hall–Kier alpha value is -1.39. The van der Waals surface area contributed by atoms with Crippen molar-refractivity contribution in [2.75, 3.05) is 7.11 Å². The molecular formula is C16H24N2O2. The van der Waals surface area contributed by atoms with Crippen LogP contribution in [0.2, 0.25) is 0 Å². The normalized spacial score (nSPS) is 17.7. The predicted molar refractivity (Wildman–Crippen MR) is 79.0 cm³/mol. The van der Waals surface area contributed by atoms with Gasteiger partial charge in [0, 0.05) is 13.7 Å². The van der Waals surface area contributed by atoms with E-state index < -0.39 is 5.54 Å². The van der Waals surface area contributed by atoms with Gasteiger partial charge >= 0.3 is 0 Å². The highest BCUT2D eigenvalue weighted by Gasteiger charge is 2.34. The topological polar surface area (TPSA) is 64.3 Å². The molecule has 3 N–H and O–H groups in total. The lowest BCUT2D eigenvalue weighted by molar-refractivity contribution is -0.127. The van der Waals surface area contributed by atoms with E-state index in [1.807, 2.05) is 24.3 Å². The number of nitrogens with two attached hydrogens (primary N) is 1. The van der Waals surface area contributed by atoms with E-state index in [9.17, 15) is 4.79 Å². The highest BCUT2D eigenvalue weighted by molar-refractivity contribution is 5.86. The molecule has 0 aromatic heterocycles. The number of benzene rings is 1. The molecule has 1 aromatic rings. The molecule has 20 heavy (non-hydrogen) atoms. The summed E-state index contributed by atoms with van der Waals surface area (Å²) in [6, 6.07) is 7.98. The second-order valence-electron chi connectivity index (χ2n) is 5.60. The van der Waals surface area contributed by atoms with Crippen LogP contribution in [0.4, 0.5) is 0 Å². The molecule has 0 spiro atoms. The van der Waals surface area contributed by atoms with Crippen molar-refractivity contribution in [3.63, 3.8) is 0 Å². The summed E-state index contributed by atoms with van der Waals surface area (Å²) in [5.74, 6) is -0.0237. The Morgan fingerprint density at radius 1 is 1.25 bits per heavy atom. The summed E-state index contributed by atoms with van der Waals surface area (Å²) < 4.78 is 5.17. The number of carbonyl (C=O) groups is 1. The van der Waals surface area contributed by atoms with Crippen molar-refractivity contribution in [1.82, 2.24) is 5.32 Å². The van der Waals surface area contributed by atoms with Crippen molar-refractivity contribution in [3.8, 4) is 0 Å². The number of nitrogens with one attached hydrogen (secondary N) is 1. The quantitative estimate of drug-likeness (QED) is 0.865. The summed E-state index contributed by atoms with van der Waals surface area (Å²) in [6.45, 7) is 1.07. The van der Waals surface area contributed by atoms with E-state index in [0.29, 0.717) is 13.2 Å². The molecule has 1 fully saturated rings. The van der Waals surface area contributed by atoms with E-state index in [0.717, 1.165) is 36.8 Å². The molecule has 0 unspecified atom stereocenters. The van der Waals surface area contributed by atoms with Crippen molar-refractivity contribution >= 4 is 5.91 Å². The fourth-order valence-corrected chi connectivity index (χ4v) is 2.79. The number of hydrogen-bond donors (Lipinski definition) is 2. The van der Waals surface area contributed by atoms with Gasteiger partial charge in [0.15, 0.2) is 0 Å². The van der Waals surface area contributed by atoms with Crippen LogP contribution in [0.15, 0.2) is 24.3 Å². The lowest BCUT2D eigenvalue weighted by Crippen LogP contribution is -2.54. The molecule has 4 nitrogen and oxygen atoms in total. The van der Waals surface area contributed by atoms with Gasteiger partial charge in [0.1, 0.15) is 0 Å². The Labute approximate surface area is 120 Å². The van der Waals surface area contributed by atoms with E-state index in [4.69, 9.17) is 10.5 Å². The molecule has 2 rings (SSSR count). The van der Waals surface area contributed by atoms with Crippen LogP contribution in [0.25, 0.3) is 0 Å². The Bertz CT molecular complexity index is 454. The standard InChI is InChI=1S/C16H24N2O2/c1-20-12-14-8-4-3-7-13(14)11-18-15(19)16(17)9-5-2-6-10-16/h3-4,7-8H,2,5-6,9-12,17H2,1H3,(H,18,19). The minimum absolute atomic E-state index is 0.0237. The summed E-state index contributed by atoms with van der Waals surface area (Å²) in [6.07, 6.45) is 4.86. The molecule has 0 atom stereocenters. The molecule has 1 aliphatic carbocycles. The Kier molecular flexibility index (Phi) is 5.15. The minimum atomic E-state index is -0.672. The van der Waals surface area contributed by atoms with Crippen molar-refractivity contribution in [3.05, 3.63) is 35.4 Å². The average Bonchev–Trinajstić information content (AvgIpc) is 2.47. The molecule has 0 saturated heterocycles. The average molecular weight is 276 g/mol. The van der Waals surface area contributed by atoms with E-state index in [2.05, 4.69) is 5.32 Å². The molecule has 0 bridgehead atoms. The van der Waals surface area contributed by atoms with Crippen molar-refractivity contribution in [2.24, 2.45) is 5.73 Å². The summed E-state index contributed by atoms with van der Waals surface area (Å²) >= 11 is 0. The van der Waals surface area contributed by atoms with Crippen LogP contribution < -0.4 is 11.1 Å². The van der Waals surface area contributed by atoms with E-state index in [1.165, 1.54) is 6.42 Å². The van der Waals surface area contributed by atoms with Crippen LogP contribution >= 0.6 is 0 Å². The number of ether oxygens (including phenoxy) is 1. The fourth-order valence-electron chi connectivity index (χ4n) is 2.79. The van der Waals surface area contributed by atoms with E-state index in [-0.39, 0.29) is 5.91 Å². The van der Waals surface area contributed by atoms with Gasteiger partial charge in [-0.3, -0.25) is 4.79 Å². The first-order chi connectivity index (χ1) is 9.65. The van der Waals surface area contributed by atoms with Gasteiger partial charge in [0.2, 0.25) is 5.91 Å². The van der Waals surface area contributed by atoms with E-state index in [1.54, 1.807) is 7.11 Å². The maximum absolute atomic E-state index is 12.3.